The number of carbonyl (C=O) groups excluding carboxylic acids is 2. The number of likely N-dealkylation sites (tertiary alicyclic amines) is 1. The molecule has 26 heavy (non-hydrogen) atoms. The first-order chi connectivity index (χ1) is 12.4. The van der Waals surface area contributed by atoms with E-state index in [0.717, 1.165) is 34.2 Å². The third-order valence-corrected chi connectivity index (χ3v) is 5.20. The maximum Gasteiger partial charge on any atom is 0.407 e. The fraction of sp³-hybridized carbons (Fsp3) is 0.500. The Morgan fingerprint density at radius 1 is 1.42 bits per heavy atom. The average Bonchev–Trinajstić information content (AvgIpc) is 3.24. The number of halogens is 1. The Morgan fingerprint density at radius 2 is 2.19 bits per heavy atom. The minimum absolute atomic E-state index is 0.0468. The number of aromatic nitrogens is 2. The average molecular weight is 423 g/mol. The molecule has 1 saturated heterocycles. The Labute approximate surface area is 160 Å². The number of fused-ring (bicyclic) bond motifs is 1. The molecule has 1 aromatic carbocycles. The molecule has 1 aliphatic rings. The van der Waals surface area contributed by atoms with Crippen molar-refractivity contribution in [2.75, 3.05) is 13.7 Å². The molecule has 0 saturated carbocycles. The second-order valence-electron chi connectivity index (χ2n) is 6.83. The van der Waals surface area contributed by atoms with Gasteiger partial charge in [0.1, 0.15) is 11.9 Å². The summed E-state index contributed by atoms with van der Waals surface area (Å²) in [6.45, 7) is 4.46. The van der Waals surface area contributed by atoms with E-state index in [2.05, 4.69) is 36.0 Å². The lowest BCUT2D eigenvalue weighted by atomic mass is 10.0. The first-order valence-corrected chi connectivity index (χ1v) is 9.50. The topological polar surface area (TPSA) is 87.3 Å². The zero-order chi connectivity index (χ0) is 18.8. The standard InChI is InChI=1S/C18H23BrN4O3/c1-10(2)15(22-18(25)26-3)17(24)23-8-4-5-14(23)16-20-12-7-6-11(19)9-13(12)21-16/h6-7,9-10,14-15H,4-5,8H2,1-3H3,(H,20,21)(H,22,25). The van der Waals surface area contributed by atoms with E-state index in [0.29, 0.717) is 6.54 Å². The molecule has 2 atom stereocenters. The number of benzene rings is 1. The van der Waals surface area contributed by atoms with E-state index in [4.69, 9.17) is 0 Å². The second-order valence-corrected chi connectivity index (χ2v) is 7.75. The number of rotatable bonds is 4. The molecular formula is C18H23BrN4O3. The second kappa shape index (κ2) is 7.65. The number of hydrogen-bond acceptors (Lipinski definition) is 4. The number of methoxy groups -OCH3 is 1. The van der Waals surface area contributed by atoms with Crippen LogP contribution in [0.25, 0.3) is 11.0 Å². The smallest absolute Gasteiger partial charge is 0.407 e. The van der Waals surface area contributed by atoms with E-state index in [-0.39, 0.29) is 17.9 Å². The van der Waals surface area contributed by atoms with E-state index in [1.165, 1.54) is 7.11 Å². The van der Waals surface area contributed by atoms with Crippen molar-refractivity contribution >= 4 is 39.0 Å². The van der Waals surface area contributed by atoms with Gasteiger partial charge in [-0.05, 0) is 37.0 Å². The van der Waals surface area contributed by atoms with Gasteiger partial charge in [-0.15, -0.1) is 0 Å². The molecule has 0 spiro atoms. The molecule has 8 heteroatoms. The van der Waals surface area contributed by atoms with E-state index in [9.17, 15) is 9.59 Å². The number of carbonyl (C=O) groups is 2. The van der Waals surface area contributed by atoms with Crippen molar-refractivity contribution in [2.24, 2.45) is 5.92 Å². The van der Waals surface area contributed by atoms with Crippen molar-refractivity contribution in [3.05, 3.63) is 28.5 Å². The molecule has 7 nitrogen and oxygen atoms in total. The van der Waals surface area contributed by atoms with Crippen molar-refractivity contribution in [3.63, 3.8) is 0 Å². The summed E-state index contributed by atoms with van der Waals surface area (Å²) in [5.41, 5.74) is 1.80. The highest BCUT2D eigenvalue weighted by Gasteiger charge is 2.37. The van der Waals surface area contributed by atoms with Gasteiger partial charge in [0.2, 0.25) is 5.91 Å². The maximum atomic E-state index is 13.1. The molecule has 2 amide bonds. The molecular weight excluding hydrogens is 400 g/mol. The lowest BCUT2D eigenvalue weighted by Crippen LogP contribution is -2.51. The number of aromatic amines is 1. The first kappa shape index (κ1) is 18.7. The molecule has 140 valence electrons. The number of nitrogens with one attached hydrogen (secondary N) is 2. The normalized spacial score (nSPS) is 18.3. The summed E-state index contributed by atoms with van der Waals surface area (Å²) < 4.78 is 5.64. The van der Waals surface area contributed by atoms with Crippen LogP contribution in [-0.2, 0) is 9.53 Å². The number of alkyl carbamates (subject to hydrolysis) is 1. The van der Waals surface area contributed by atoms with Crippen LogP contribution in [0.15, 0.2) is 22.7 Å². The van der Waals surface area contributed by atoms with E-state index >= 15 is 0 Å². The minimum atomic E-state index is -0.624. The van der Waals surface area contributed by atoms with E-state index in [1.54, 1.807) is 0 Å². The van der Waals surface area contributed by atoms with Crippen LogP contribution in [0.2, 0.25) is 0 Å². The molecule has 0 bridgehead atoms. The molecule has 0 radical (unpaired) electrons. The Hall–Kier alpha value is -2.09. The summed E-state index contributed by atoms with van der Waals surface area (Å²) in [6, 6.07) is 5.12. The summed E-state index contributed by atoms with van der Waals surface area (Å²) in [5.74, 6) is 0.633. The van der Waals surface area contributed by atoms with E-state index in [1.807, 2.05) is 36.9 Å². The van der Waals surface area contributed by atoms with E-state index < -0.39 is 12.1 Å². The molecule has 1 aromatic heterocycles. The van der Waals surface area contributed by atoms with Gasteiger partial charge in [0.05, 0.1) is 24.2 Å². The third-order valence-electron chi connectivity index (χ3n) is 4.71. The van der Waals surface area contributed by atoms with Gasteiger partial charge < -0.3 is 19.9 Å². The van der Waals surface area contributed by atoms with Crippen molar-refractivity contribution in [1.29, 1.82) is 0 Å². The highest BCUT2D eigenvalue weighted by Crippen LogP contribution is 2.33. The lowest BCUT2D eigenvalue weighted by molar-refractivity contribution is -0.135. The van der Waals surface area contributed by atoms with Crippen molar-refractivity contribution < 1.29 is 14.3 Å². The SMILES string of the molecule is COC(=O)NC(C(=O)N1CCCC1c1nc2ccc(Br)cc2[nH]1)C(C)C. The number of nitrogens with zero attached hydrogens (tertiary/aromatic N) is 2. The summed E-state index contributed by atoms with van der Waals surface area (Å²) in [7, 11) is 1.29. The fourth-order valence-corrected chi connectivity index (χ4v) is 3.71. The zero-order valence-electron chi connectivity index (χ0n) is 15.1. The molecule has 3 rings (SSSR count). The molecule has 2 N–H and O–H groups in total. The molecule has 2 unspecified atom stereocenters. The van der Waals surface area contributed by atoms with Gasteiger partial charge in [0.15, 0.2) is 0 Å². The van der Waals surface area contributed by atoms with Gasteiger partial charge in [0.25, 0.3) is 0 Å². The quantitative estimate of drug-likeness (QED) is 0.790. The van der Waals surface area contributed by atoms with Crippen LogP contribution in [0.3, 0.4) is 0 Å². The number of ether oxygens (including phenoxy) is 1. The Kier molecular flexibility index (Phi) is 5.50. The number of hydrogen-bond donors (Lipinski definition) is 2. The monoisotopic (exact) mass is 422 g/mol. The summed E-state index contributed by atoms with van der Waals surface area (Å²) in [6.07, 6.45) is 1.15. The molecule has 2 aromatic rings. The van der Waals surface area contributed by atoms with Crippen LogP contribution in [0, 0.1) is 5.92 Å². The van der Waals surface area contributed by atoms with Gasteiger partial charge in [-0.25, -0.2) is 9.78 Å². The zero-order valence-corrected chi connectivity index (χ0v) is 16.7. The highest BCUT2D eigenvalue weighted by atomic mass is 79.9. The van der Waals surface area contributed by atoms with Gasteiger partial charge in [-0.1, -0.05) is 29.8 Å². The minimum Gasteiger partial charge on any atom is -0.453 e. The predicted molar refractivity (Wildman–Crippen MR) is 102 cm³/mol. The lowest BCUT2D eigenvalue weighted by Gasteiger charge is -2.29. The summed E-state index contributed by atoms with van der Waals surface area (Å²) in [5, 5.41) is 2.66. The van der Waals surface area contributed by atoms with Gasteiger partial charge in [0, 0.05) is 11.0 Å². The van der Waals surface area contributed by atoms with Crippen LogP contribution < -0.4 is 5.32 Å². The number of amides is 2. The Bertz CT molecular complexity index is 820. The van der Waals surface area contributed by atoms with Crippen molar-refractivity contribution in [2.45, 2.75) is 38.8 Å². The Morgan fingerprint density at radius 3 is 2.88 bits per heavy atom. The maximum absolute atomic E-state index is 13.1. The Balaban J connectivity index is 1.85. The molecule has 1 fully saturated rings. The predicted octanol–water partition coefficient (Wildman–Crippen LogP) is 3.37. The summed E-state index contributed by atoms with van der Waals surface area (Å²) >= 11 is 3.46. The van der Waals surface area contributed by atoms with Crippen molar-refractivity contribution in [3.8, 4) is 0 Å². The van der Waals surface area contributed by atoms with Crippen LogP contribution in [0.5, 0.6) is 0 Å². The first-order valence-electron chi connectivity index (χ1n) is 8.71. The third kappa shape index (κ3) is 3.70. The largest absolute Gasteiger partial charge is 0.453 e. The number of H-pyrrole nitrogens is 1. The molecule has 1 aliphatic heterocycles. The van der Waals surface area contributed by atoms with Crippen LogP contribution >= 0.6 is 15.9 Å². The van der Waals surface area contributed by atoms with Gasteiger partial charge >= 0.3 is 6.09 Å². The number of imidazole rings is 1. The van der Waals surface area contributed by atoms with Gasteiger partial charge in [-0.3, -0.25) is 4.79 Å². The van der Waals surface area contributed by atoms with Crippen LogP contribution in [0.4, 0.5) is 4.79 Å². The van der Waals surface area contributed by atoms with Gasteiger partial charge in [-0.2, -0.15) is 0 Å². The van der Waals surface area contributed by atoms with Crippen LogP contribution in [0.1, 0.15) is 38.6 Å². The summed E-state index contributed by atoms with van der Waals surface area (Å²) in [4.78, 5) is 34.5. The molecule has 2 heterocycles. The van der Waals surface area contributed by atoms with Crippen LogP contribution in [-0.4, -0.2) is 46.6 Å². The fourth-order valence-electron chi connectivity index (χ4n) is 3.35. The molecule has 0 aliphatic carbocycles. The van der Waals surface area contributed by atoms with Crippen molar-refractivity contribution in [1.82, 2.24) is 20.2 Å². The highest BCUT2D eigenvalue weighted by molar-refractivity contribution is 9.10.